The largest absolute Gasteiger partial charge is 0.368 e. The van der Waals surface area contributed by atoms with Crippen molar-refractivity contribution in [1.29, 1.82) is 0 Å². The average Bonchev–Trinajstić information content (AvgIpc) is 3.53. The maximum Gasteiger partial charge on any atom is 0.253 e. The Morgan fingerprint density at radius 1 is 0.854 bits per heavy atom. The summed E-state index contributed by atoms with van der Waals surface area (Å²) in [4.78, 5) is 44.8. The highest BCUT2D eigenvalue weighted by atomic mass is 19.1. The predicted molar refractivity (Wildman–Crippen MR) is 158 cm³/mol. The van der Waals surface area contributed by atoms with E-state index in [4.69, 9.17) is 0 Å². The summed E-state index contributed by atoms with van der Waals surface area (Å²) in [6.45, 7) is 4.95. The normalized spacial score (nSPS) is 15.6. The minimum absolute atomic E-state index is 0.0164. The topological polar surface area (TPSA) is 73.0 Å². The summed E-state index contributed by atoms with van der Waals surface area (Å²) in [5.74, 6) is -0.620. The van der Waals surface area contributed by atoms with E-state index in [-0.39, 0.29) is 42.5 Å². The number of piperazine rings is 1. The van der Waals surface area contributed by atoms with Gasteiger partial charge in [0.05, 0.1) is 0 Å². The van der Waals surface area contributed by atoms with Crippen LogP contribution in [0.2, 0.25) is 0 Å². The molecular formula is C33H37FN4O3. The van der Waals surface area contributed by atoms with Gasteiger partial charge in [0.2, 0.25) is 11.8 Å². The molecule has 0 unspecified atom stereocenters. The van der Waals surface area contributed by atoms with Crippen molar-refractivity contribution in [2.75, 3.05) is 42.9 Å². The fraction of sp³-hybridized carbons (Fsp3) is 0.364. The predicted octanol–water partition coefficient (Wildman–Crippen LogP) is 5.25. The molecular weight excluding hydrogens is 519 g/mol. The smallest absolute Gasteiger partial charge is 0.253 e. The zero-order chi connectivity index (χ0) is 28.8. The molecule has 2 aliphatic rings. The van der Waals surface area contributed by atoms with Gasteiger partial charge in [-0.1, -0.05) is 42.7 Å². The Morgan fingerprint density at radius 3 is 2.12 bits per heavy atom. The van der Waals surface area contributed by atoms with Crippen molar-refractivity contribution in [2.24, 2.45) is 5.92 Å². The molecule has 3 aromatic carbocycles. The first-order valence-electron chi connectivity index (χ1n) is 14.4. The lowest BCUT2D eigenvalue weighted by Crippen LogP contribution is -2.48. The Bertz CT molecular complexity index is 1340. The maximum absolute atomic E-state index is 13.4. The molecule has 1 aliphatic heterocycles. The summed E-state index contributed by atoms with van der Waals surface area (Å²) in [5, 5.41) is 2.92. The van der Waals surface area contributed by atoms with Gasteiger partial charge in [-0.05, 0) is 73.9 Å². The van der Waals surface area contributed by atoms with Crippen molar-refractivity contribution < 1.29 is 18.8 Å². The van der Waals surface area contributed by atoms with Crippen LogP contribution in [0, 0.1) is 18.7 Å². The summed E-state index contributed by atoms with van der Waals surface area (Å²) in [6.07, 6.45) is 3.74. The van der Waals surface area contributed by atoms with Crippen LogP contribution in [-0.4, -0.2) is 60.2 Å². The molecule has 214 valence electrons. The van der Waals surface area contributed by atoms with Gasteiger partial charge in [-0.25, -0.2) is 4.39 Å². The van der Waals surface area contributed by atoms with Crippen LogP contribution in [0.5, 0.6) is 0 Å². The Labute approximate surface area is 240 Å². The van der Waals surface area contributed by atoms with Gasteiger partial charge in [0.15, 0.2) is 0 Å². The SMILES string of the molecule is Cc1ccc(C(=O)N2CCN(c3ccc(NC(=O)CN(Cc4ccc(F)cc4)C(=O)C4CCCC4)cc3)CC2)cc1. The second kappa shape index (κ2) is 13.0. The number of halogens is 1. The van der Waals surface area contributed by atoms with Gasteiger partial charge in [0, 0.05) is 55.6 Å². The second-order valence-corrected chi connectivity index (χ2v) is 11.0. The van der Waals surface area contributed by atoms with Gasteiger partial charge >= 0.3 is 0 Å². The minimum Gasteiger partial charge on any atom is -0.368 e. The van der Waals surface area contributed by atoms with E-state index in [0.717, 1.165) is 55.6 Å². The number of benzene rings is 3. The molecule has 7 nitrogen and oxygen atoms in total. The lowest BCUT2D eigenvalue weighted by atomic mass is 10.1. The van der Waals surface area contributed by atoms with Crippen molar-refractivity contribution in [3.05, 3.63) is 95.3 Å². The summed E-state index contributed by atoms with van der Waals surface area (Å²) in [6, 6.07) is 21.4. The number of amides is 3. The van der Waals surface area contributed by atoms with Crippen LogP contribution in [0.1, 0.15) is 47.2 Å². The van der Waals surface area contributed by atoms with Crippen LogP contribution in [0.3, 0.4) is 0 Å². The molecule has 0 radical (unpaired) electrons. The number of carbonyl (C=O) groups excluding carboxylic acids is 3. The fourth-order valence-corrected chi connectivity index (χ4v) is 5.63. The summed E-state index contributed by atoms with van der Waals surface area (Å²) in [7, 11) is 0. The average molecular weight is 557 g/mol. The van der Waals surface area contributed by atoms with Crippen LogP contribution in [0.4, 0.5) is 15.8 Å². The van der Waals surface area contributed by atoms with Crippen LogP contribution >= 0.6 is 0 Å². The molecule has 1 saturated carbocycles. The summed E-state index contributed by atoms with van der Waals surface area (Å²) < 4.78 is 13.4. The third kappa shape index (κ3) is 7.31. The van der Waals surface area contributed by atoms with E-state index in [0.29, 0.717) is 24.3 Å². The number of carbonyl (C=O) groups is 3. The van der Waals surface area contributed by atoms with Crippen molar-refractivity contribution in [1.82, 2.24) is 9.80 Å². The van der Waals surface area contributed by atoms with E-state index in [9.17, 15) is 18.8 Å². The van der Waals surface area contributed by atoms with E-state index < -0.39 is 0 Å². The molecule has 0 spiro atoms. The number of rotatable bonds is 8. The van der Waals surface area contributed by atoms with E-state index in [2.05, 4.69) is 10.2 Å². The van der Waals surface area contributed by atoms with Gasteiger partial charge in [-0.15, -0.1) is 0 Å². The Kier molecular flexibility index (Phi) is 8.97. The van der Waals surface area contributed by atoms with Gasteiger partial charge in [-0.2, -0.15) is 0 Å². The molecule has 1 aliphatic carbocycles. The van der Waals surface area contributed by atoms with Crippen molar-refractivity contribution in [2.45, 2.75) is 39.2 Å². The monoisotopic (exact) mass is 556 g/mol. The van der Waals surface area contributed by atoms with Crippen LogP contribution in [0.15, 0.2) is 72.8 Å². The third-order valence-corrected chi connectivity index (χ3v) is 8.02. The van der Waals surface area contributed by atoms with Crippen LogP contribution in [-0.2, 0) is 16.1 Å². The van der Waals surface area contributed by atoms with E-state index in [1.807, 2.05) is 60.4 Å². The van der Waals surface area contributed by atoms with Crippen molar-refractivity contribution in [3.8, 4) is 0 Å². The van der Waals surface area contributed by atoms with Crippen molar-refractivity contribution >= 4 is 29.1 Å². The highest BCUT2D eigenvalue weighted by Gasteiger charge is 2.29. The Balaban J connectivity index is 1.15. The number of anilines is 2. The van der Waals surface area contributed by atoms with E-state index in [1.165, 1.54) is 12.1 Å². The standard InChI is InChI=1S/C33H37FN4O3/c1-24-6-10-27(11-7-24)32(40)37-20-18-36(19-21-37)30-16-14-29(15-17-30)35-31(39)23-38(33(41)26-4-2-3-5-26)22-25-8-12-28(34)13-9-25/h6-17,26H,2-5,18-23H2,1H3,(H,35,39). The second-order valence-electron chi connectivity index (χ2n) is 11.0. The quantitative estimate of drug-likeness (QED) is 0.411. The molecule has 2 fully saturated rings. The first-order valence-corrected chi connectivity index (χ1v) is 14.4. The molecule has 1 N–H and O–H groups in total. The molecule has 1 saturated heterocycles. The molecule has 5 rings (SSSR count). The van der Waals surface area contributed by atoms with E-state index in [1.54, 1.807) is 17.0 Å². The third-order valence-electron chi connectivity index (χ3n) is 8.02. The molecule has 8 heteroatoms. The fourth-order valence-electron chi connectivity index (χ4n) is 5.63. The first-order chi connectivity index (χ1) is 19.9. The number of aryl methyl sites for hydroxylation is 1. The molecule has 0 atom stereocenters. The number of hydrogen-bond donors (Lipinski definition) is 1. The van der Waals surface area contributed by atoms with Gasteiger partial charge in [-0.3, -0.25) is 14.4 Å². The van der Waals surface area contributed by atoms with Gasteiger partial charge < -0.3 is 20.0 Å². The van der Waals surface area contributed by atoms with Crippen LogP contribution < -0.4 is 10.2 Å². The molecule has 0 aromatic heterocycles. The molecule has 0 bridgehead atoms. The number of nitrogens with zero attached hydrogens (tertiary/aromatic N) is 3. The lowest BCUT2D eigenvalue weighted by molar-refractivity contribution is -0.138. The van der Waals surface area contributed by atoms with Gasteiger partial charge in [0.25, 0.3) is 5.91 Å². The van der Waals surface area contributed by atoms with E-state index >= 15 is 0 Å². The molecule has 1 heterocycles. The summed E-state index contributed by atoms with van der Waals surface area (Å²) in [5.41, 5.74) is 4.31. The zero-order valence-corrected chi connectivity index (χ0v) is 23.5. The minimum atomic E-state index is -0.332. The highest BCUT2D eigenvalue weighted by Crippen LogP contribution is 2.27. The number of hydrogen-bond acceptors (Lipinski definition) is 4. The first kappa shape index (κ1) is 28.3. The Morgan fingerprint density at radius 2 is 1.49 bits per heavy atom. The van der Waals surface area contributed by atoms with Crippen molar-refractivity contribution in [3.63, 3.8) is 0 Å². The van der Waals surface area contributed by atoms with Gasteiger partial charge in [0.1, 0.15) is 12.4 Å². The highest BCUT2D eigenvalue weighted by molar-refractivity contribution is 5.95. The molecule has 41 heavy (non-hydrogen) atoms. The summed E-state index contributed by atoms with van der Waals surface area (Å²) >= 11 is 0. The molecule has 3 aromatic rings. The zero-order valence-electron chi connectivity index (χ0n) is 23.5. The Hall–Kier alpha value is -4.20. The number of nitrogens with one attached hydrogen (secondary N) is 1. The maximum atomic E-state index is 13.4. The van der Waals surface area contributed by atoms with Crippen LogP contribution in [0.25, 0.3) is 0 Å². The molecule has 3 amide bonds. The lowest BCUT2D eigenvalue weighted by Gasteiger charge is -2.36.